The van der Waals surface area contributed by atoms with Crippen molar-refractivity contribution in [2.45, 2.75) is 33.2 Å². The first-order valence-electron chi connectivity index (χ1n) is 6.30. The zero-order valence-corrected chi connectivity index (χ0v) is 11.9. The summed E-state index contributed by atoms with van der Waals surface area (Å²) in [5, 5.41) is 3.32. The highest BCUT2D eigenvalue weighted by Crippen LogP contribution is 2.23. The Kier molecular flexibility index (Phi) is 4.91. The first-order valence-corrected chi connectivity index (χ1v) is 6.30. The number of aryl methyl sites for hydroxylation is 1. The number of hydrogen-bond donors (Lipinski definition) is 1. The number of benzene rings is 1. The number of methoxy groups -OCH3 is 1. The van der Waals surface area contributed by atoms with E-state index in [9.17, 15) is 4.79 Å². The lowest BCUT2D eigenvalue weighted by atomic mass is 9.90. The van der Waals surface area contributed by atoms with E-state index in [-0.39, 0.29) is 5.97 Å². The largest absolute Gasteiger partial charge is 0.467 e. The lowest BCUT2D eigenvalue weighted by Gasteiger charge is -2.29. The average molecular weight is 249 g/mol. The maximum absolute atomic E-state index is 12.1. The van der Waals surface area contributed by atoms with Crippen LogP contribution >= 0.6 is 0 Å². The molecule has 18 heavy (non-hydrogen) atoms. The number of nitrogens with one attached hydrogen (secondary N) is 1. The van der Waals surface area contributed by atoms with E-state index in [0.717, 1.165) is 17.7 Å². The van der Waals surface area contributed by atoms with Crippen LogP contribution in [0, 0.1) is 12.8 Å². The summed E-state index contributed by atoms with van der Waals surface area (Å²) in [6.07, 6.45) is 0. The molecule has 0 amide bonds. The molecule has 0 heterocycles. The number of hydrogen-bond acceptors (Lipinski definition) is 3. The Morgan fingerprint density at radius 1 is 1.44 bits per heavy atom. The molecule has 0 aliphatic rings. The maximum atomic E-state index is 12.1. The number of rotatable bonds is 5. The smallest absolute Gasteiger partial charge is 0.330 e. The molecule has 0 fully saturated rings. The Bertz CT molecular complexity index is 415. The van der Waals surface area contributed by atoms with Crippen LogP contribution in [0.5, 0.6) is 0 Å². The zero-order valence-electron chi connectivity index (χ0n) is 11.9. The molecule has 0 spiro atoms. The molecule has 0 aliphatic carbocycles. The van der Waals surface area contributed by atoms with Crippen LogP contribution in [0.1, 0.15) is 31.9 Å². The molecular weight excluding hydrogens is 226 g/mol. The molecule has 100 valence electrons. The molecule has 0 bridgehead atoms. The van der Waals surface area contributed by atoms with Gasteiger partial charge in [-0.2, -0.15) is 0 Å². The van der Waals surface area contributed by atoms with E-state index in [1.807, 2.05) is 38.1 Å². The van der Waals surface area contributed by atoms with E-state index in [0.29, 0.717) is 5.92 Å². The SMILES string of the molecule is COC(=O)C(C)(NCC(C)C)c1cccc(C)c1. The number of carbonyl (C=O) groups excluding carboxylic acids is 1. The van der Waals surface area contributed by atoms with Gasteiger partial charge in [0.2, 0.25) is 0 Å². The van der Waals surface area contributed by atoms with Crippen molar-refractivity contribution in [3.8, 4) is 0 Å². The lowest BCUT2D eigenvalue weighted by Crippen LogP contribution is -2.48. The molecule has 3 heteroatoms. The summed E-state index contributed by atoms with van der Waals surface area (Å²) < 4.78 is 4.94. The molecule has 1 unspecified atom stereocenters. The maximum Gasteiger partial charge on any atom is 0.330 e. The second kappa shape index (κ2) is 6.01. The fraction of sp³-hybridized carbons (Fsp3) is 0.533. The van der Waals surface area contributed by atoms with Crippen molar-refractivity contribution in [3.63, 3.8) is 0 Å². The van der Waals surface area contributed by atoms with Gasteiger partial charge in [0, 0.05) is 0 Å². The Morgan fingerprint density at radius 3 is 2.61 bits per heavy atom. The quantitative estimate of drug-likeness (QED) is 0.815. The highest BCUT2D eigenvalue weighted by Gasteiger charge is 2.35. The first-order chi connectivity index (χ1) is 8.40. The summed E-state index contributed by atoms with van der Waals surface area (Å²) in [7, 11) is 1.42. The van der Waals surface area contributed by atoms with E-state index in [1.54, 1.807) is 0 Å². The van der Waals surface area contributed by atoms with E-state index < -0.39 is 5.54 Å². The number of carbonyl (C=O) groups is 1. The van der Waals surface area contributed by atoms with Gasteiger partial charge in [-0.1, -0.05) is 43.7 Å². The Hall–Kier alpha value is -1.35. The van der Waals surface area contributed by atoms with E-state index >= 15 is 0 Å². The Labute approximate surface area is 110 Å². The highest BCUT2D eigenvalue weighted by atomic mass is 16.5. The minimum absolute atomic E-state index is 0.256. The minimum atomic E-state index is -0.787. The monoisotopic (exact) mass is 249 g/mol. The molecule has 0 aromatic heterocycles. The second-order valence-corrected chi connectivity index (χ2v) is 5.26. The van der Waals surface area contributed by atoms with Crippen LogP contribution in [-0.4, -0.2) is 19.6 Å². The normalized spacial score (nSPS) is 14.3. The van der Waals surface area contributed by atoms with E-state index in [2.05, 4.69) is 19.2 Å². The van der Waals surface area contributed by atoms with Gasteiger partial charge in [0.05, 0.1) is 7.11 Å². The van der Waals surface area contributed by atoms with Crippen LogP contribution in [0.4, 0.5) is 0 Å². The van der Waals surface area contributed by atoms with Crippen LogP contribution in [0.15, 0.2) is 24.3 Å². The standard InChI is InChI=1S/C15H23NO2/c1-11(2)10-16-15(4,14(17)18-5)13-8-6-7-12(3)9-13/h6-9,11,16H,10H2,1-5H3. The second-order valence-electron chi connectivity index (χ2n) is 5.26. The summed E-state index contributed by atoms with van der Waals surface area (Å²) in [6.45, 7) is 8.88. The molecule has 1 aromatic rings. The number of esters is 1. The third kappa shape index (κ3) is 3.33. The van der Waals surface area contributed by atoms with Crippen molar-refractivity contribution in [1.82, 2.24) is 5.32 Å². The molecule has 3 nitrogen and oxygen atoms in total. The van der Waals surface area contributed by atoms with Gasteiger partial charge in [0.15, 0.2) is 0 Å². The van der Waals surface area contributed by atoms with Gasteiger partial charge in [0.1, 0.15) is 5.54 Å². The van der Waals surface area contributed by atoms with Crippen molar-refractivity contribution in [2.75, 3.05) is 13.7 Å². The van der Waals surface area contributed by atoms with Crippen molar-refractivity contribution >= 4 is 5.97 Å². The van der Waals surface area contributed by atoms with Gasteiger partial charge in [0.25, 0.3) is 0 Å². The van der Waals surface area contributed by atoms with Gasteiger partial charge in [-0.05, 0) is 31.9 Å². The van der Waals surface area contributed by atoms with Gasteiger partial charge < -0.3 is 4.74 Å². The van der Waals surface area contributed by atoms with Crippen molar-refractivity contribution in [3.05, 3.63) is 35.4 Å². The molecule has 1 rings (SSSR count). The van der Waals surface area contributed by atoms with Crippen molar-refractivity contribution < 1.29 is 9.53 Å². The van der Waals surface area contributed by atoms with Crippen LogP contribution in [0.3, 0.4) is 0 Å². The van der Waals surface area contributed by atoms with E-state index in [1.165, 1.54) is 7.11 Å². The fourth-order valence-electron chi connectivity index (χ4n) is 1.86. The molecule has 1 aromatic carbocycles. The molecule has 0 radical (unpaired) electrons. The predicted molar refractivity (Wildman–Crippen MR) is 73.4 cm³/mol. The highest BCUT2D eigenvalue weighted by molar-refractivity contribution is 5.82. The third-order valence-corrected chi connectivity index (χ3v) is 3.05. The summed E-state index contributed by atoms with van der Waals surface area (Å²) >= 11 is 0. The zero-order chi connectivity index (χ0) is 13.8. The first kappa shape index (κ1) is 14.7. The molecule has 0 saturated heterocycles. The van der Waals surface area contributed by atoms with Crippen LogP contribution in [0.2, 0.25) is 0 Å². The van der Waals surface area contributed by atoms with Crippen LogP contribution in [0.25, 0.3) is 0 Å². The third-order valence-electron chi connectivity index (χ3n) is 3.05. The van der Waals surface area contributed by atoms with Gasteiger partial charge >= 0.3 is 5.97 Å². The molecule has 0 aliphatic heterocycles. The fourth-order valence-corrected chi connectivity index (χ4v) is 1.86. The Morgan fingerprint density at radius 2 is 2.11 bits per heavy atom. The average Bonchev–Trinajstić information content (AvgIpc) is 2.34. The van der Waals surface area contributed by atoms with E-state index in [4.69, 9.17) is 4.74 Å². The van der Waals surface area contributed by atoms with Gasteiger partial charge in [-0.25, -0.2) is 4.79 Å². The molecule has 1 atom stereocenters. The molecule has 0 saturated carbocycles. The van der Waals surface area contributed by atoms with Gasteiger partial charge in [-0.3, -0.25) is 5.32 Å². The van der Waals surface area contributed by atoms with Crippen LogP contribution < -0.4 is 5.32 Å². The minimum Gasteiger partial charge on any atom is -0.467 e. The van der Waals surface area contributed by atoms with Crippen molar-refractivity contribution in [1.29, 1.82) is 0 Å². The number of ether oxygens (including phenoxy) is 1. The lowest BCUT2D eigenvalue weighted by molar-refractivity contribution is -0.148. The summed E-state index contributed by atoms with van der Waals surface area (Å²) in [5.41, 5.74) is 1.29. The predicted octanol–water partition coefficient (Wildman–Crippen LogP) is 2.63. The molecular formula is C15H23NO2. The Balaban J connectivity index is 3.07. The topological polar surface area (TPSA) is 38.3 Å². The van der Waals surface area contributed by atoms with Crippen LogP contribution in [-0.2, 0) is 15.1 Å². The van der Waals surface area contributed by atoms with Crippen molar-refractivity contribution in [2.24, 2.45) is 5.92 Å². The summed E-state index contributed by atoms with van der Waals surface area (Å²) in [6, 6.07) is 7.95. The molecule has 1 N–H and O–H groups in total. The van der Waals surface area contributed by atoms with Gasteiger partial charge in [-0.15, -0.1) is 0 Å². The summed E-state index contributed by atoms with van der Waals surface area (Å²) in [4.78, 5) is 12.1. The summed E-state index contributed by atoms with van der Waals surface area (Å²) in [5.74, 6) is 0.215.